The highest BCUT2D eigenvalue weighted by atomic mass is 16.9. The Labute approximate surface area is 309 Å². The van der Waals surface area contributed by atoms with Crippen molar-refractivity contribution in [3.63, 3.8) is 0 Å². The molecule has 0 bridgehead atoms. The van der Waals surface area contributed by atoms with E-state index in [1.807, 2.05) is 0 Å². The molecule has 4 heterocycles. The SMILES string of the molecule is COC(=O)C[C@@H](NC(=O)CCNC(=O)C[C@@H](NC(=O)CCNC(=O)OC(C)(C)C)[C@H]1O[C@@H]2OC(C)(C)O[C@@H]2[C@@H]1OC)[C@H]1O[C@@H]2OC(C)(C)O[C@@H]2[C@@H]1OC. The number of alkyl carbamates (subject to hydrolysis) is 1. The minimum Gasteiger partial charge on any atom is -0.469 e. The maximum absolute atomic E-state index is 13.3. The van der Waals surface area contributed by atoms with Crippen molar-refractivity contribution in [1.29, 1.82) is 0 Å². The smallest absolute Gasteiger partial charge is 0.407 e. The molecule has 0 aromatic carbocycles. The predicted molar refractivity (Wildman–Crippen MR) is 181 cm³/mol. The van der Waals surface area contributed by atoms with Gasteiger partial charge >= 0.3 is 12.1 Å². The molecule has 4 rings (SSSR count). The number of hydrogen-bond donors (Lipinski definition) is 4. The zero-order valence-corrected chi connectivity index (χ0v) is 32.1. The standard InChI is InChI=1S/C34H56N4O15/c1-32(2,3)53-31(43)36-14-12-20(40)37-17(23-25(45-9)27-29(47-23)51-33(4,5)49-27)15-21(41)35-13-11-19(39)38-18(16-22(42)44-8)24-26(46-10)28-30(48-24)52-34(6,7)50-28/h17-18,23-30H,11-16H2,1-10H3,(H,35,41)(H,36,43)(H,37,40)(H,38,39)/t17-,18-,23-,24-,25-,26-,27-,28-,29-,30-/m1/s1. The fourth-order valence-corrected chi connectivity index (χ4v) is 6.69. The second-order valence-corrected chi connectivity index (χ2v) is 15.2. The maximum Gasteiger partial charge on any atom is 0.407 e. The molecule has 0 spiro atoms. The van der Waals surface area contributed by atoms with E-state index < -0.39 is 108 Å². The van der Waals surface area contributed by atoms with E-state index in [0.29, 0.717) is 0 Å². The van der Waals surface area contributed by atoms with E-state index in [2.05, 4.69) is 21.3 Å². The molecule has 0 saturated carbocycles. The molecule has 19 nitrogen and oxygen atoms in total. The van der Waals surface area contributed by atoms with E-state index >= 15 is 0 Å². The van der Waals surface area contributed by atoms with Crippen molar-refractivity contribution in [2.24, 2.45) is 0 Å². The summed E-state index contributed by atoms with van der Waals surface area (Å²) in [4.78, 5) is 63.8. The van der Waals surface area contributed by atoms with Crippen LogP contribution in [0, 0.1) is 0 Å². The third-order valence-electron chi connectivity index (χ3n) is 8.80. The lowest BCUT2D eigenvalue weighted by Gasteiger charge is -2.31. The maximum atomic E-state index is 13.3. The number of esters is 1. The normalized spacial score (nSPS) is 30.8. The molecule has 0 unspecified atom stereocenters. The van der Waals surface area contributed by atoms with Gasteiger partial charge in [-0.05, 0) is 48.5 Å². The number of hydrogen-bond acceptors (Lipinski definition) is 15. The van der Waals surface area contributed by atoms with E-state index in [1.54, 1.807) is 48.5 Å². The van der Waals surface area contributed by atoms with Crippen LogP contribution in [0.4, 0.5) is 4.79 Å². The lowest BCUT2D eigenvalue weighted by molar-refractivity contribution is -0.220. The minimum absolute atomic E-state index is 0.0208. The summed E-state index contributed by atoms with van der Waals surface area (Å²) in [5.41, 5.74) is -0.707. The van der Waals surface area contributed by atoms with Gasteiger partial charge in [0.05, 0.1) is 25.6 Å². The van der Waals surface area contributed by atoms with Crippen LogP contribution in [-0.2, 0) is 66.5 Å². The molecule has 4 aliphatic rings. The number of carbonyl (C=O) groups is 5. The van der Waals surface area contributed by atoms with Gasteiger partial charge in [0, 0.05) is 46.6 Å². The van der Waals surface area contributed by atoms with Crippen LogP contribution < -0.4 is 21.3 Å². The first kappa shape index (κ1) is 42.6. The lowest BCUT2D eigenvalue weighted by Crippen LogP contribution is -2.52. The number of amides is 4. The first-order valence-corrected chi connectivity index (χ1v) is 17.7. The number of carbonyl (C=O) groups excluding carboxylic acids is 5. The van der Waals surface area contributed by atoms with Crippen molar-refractivity contribution in [2.75, 3.05) is 34.4 Å². The van der Waals surface area contributed by atoms with Crippen molar-refractivity contribution in [3.05, 3.63) is 0 Å². The zero-order chi connectivity index (χ0) is 39.3. The summed E-state index contributed by atoms with van der Waals surface area (Å²) in [7, 11) is 4.17. The van der Waals surface area contributed by atoms with Crippen molar-refractivity contribution in [1.82, 2.24) is 21.3 Å². The van der Waals surface area contributed by atoms with Crippen LogP contribution >= 0.6 is 0 Å². The van der Waals surface area contributed by atoms with Crippen molar-refractivity contribution in [3.8, 4) is 0 Å². The molecule has 0 radical (unpaired) electrons. The predicted octanol–water partition coefficient (Wildman–Crippen LogP) is 0.113. The Morgan fingerprint density at radius 2 is 1.11 bits per heavy atom. The quantitative estimate of drug-likeness (QED) is 0.153. The second kappa shape index (κ2) is 17.5. The molecule has 4 saturated heterocycles. The molecule has 4 aliphatic heterocycles. The van der Waals surface area contributed by atoms with E-state index in [0.717, 1.165) is 0 Å². The van der Waals surface area contributed by atoms with Gasteiger partial charge in [-0.3, -0.25) is 19.2 Å². The van der Waals surface area contributed by atoms with E-state index in [4.69, 9.17) is 47.4 Å². The van der Waals surface area contributed by atoms with Gasteiger partial charge in [0.2, 0.25) is 17.7 Å². The number of rotatable bonds is 16. The molecule has 4 N–H and O–H groups in total. The third kappa shape index (κ3) is 11.7. The second-order valence-electron chi connectivity index (χ2n) is 15.2. The average molecular weight is 761 g/mol. The Morgan fingerprint density at radius 1 is 0.660 bits per heavy atom. The highest BCUT2D eigenvalue weighted by Gasteiger charge is 2.58. The summed E-state index contributed by atoms with van der Waals surface area (Å²) in [5, 5.41) is 10.9. The number of methoxy groups -OCH3 is 3. The van der Waals surface area contributed by atoms with E-state index in [1.165, 1.54) is 21.3 Å². The average Bonchev–Trinajstić information content (AvgIpc) is 3.72. The highest BCUT2D eigenvalue weighted by Crippen LogP contribution is 2.41. The summed E-state index contributed by atoms with van der Waals surface area (Å²) in [6.07, 6.45) is -7.20. The molecule has 302 valence electrons. The van der Waals surface area contributed by atoms with E-state index in [9.17, 15) is 24.0 Å². The monoisotopic (exact) mass is 760 g/mol. The zero-order valence-electron chi connectivity index (χ0n) is 32.1. The Kier molecular flexibility index (Phi) is 14.1. The van der Waals surface area contributed by atoms with Crippen LogP contribution in [0.3, 0.4) is 0 Å². The molecule has 0 aliphatic carbocycles. The molecule has 0 aromatic heterocycles. The molecule has 53 heavy (non-hydrogen) atoms. The largest absolute Gasteiger partial charge is 0.469 e. The van der Waals surface area contributed by atoms with Crippen LogP contribution in [0.15, 0.2) is 0 Å². The third-order valence-corrected chi connectivity index (χ3v) is 8.80. The number of nitrogens with one attached hydrogen (secondary N) is 4. The van der Waals surface area contributed by atoms with E-state index in [-0.39, 0.29) is 38.8 Å². The molecule has 0 aromatic rings. The minimum atomic E-state index is -0.928. The summed E-state index contributed by atoms with van der Waals surface area (Å²) in [6, 6.07) is -1.77. The molecule has 19 heteroatoms. The molecular weight excluding hydrogens is 704 g/mol. The van der Waals surface area contributed by atoms with Crippen LogP contribution in [0.5, 0.6) is 0 Å². The number of ether oxygens (including phenoxy) is 10. The summed E-state index contributed by atoms with van der Waals surface area (Å²) in [5.74, 6) is -3.86. The van der Waals surface area contributed by atoms with Crippen molar-refractivity contribution in [2.45, 2.75) is 153 Å². The van der Waals surface area contributed by atoms with Crippen LogP contribution in [-0.4, -0.2) is 143 Å². The fraction of sp³-hybridized carbons (Fsp3) is 0.853. The fourth-order valence-electron chi connectivity index (χ4n) is 6.69. The van der Waals surface area contributed by atoms with Crippen molar-refractivity contribution < 1.29 is 71.3 Å². The lowest BCUT2D eigenvalue weighted by atomic mass is 9.99. The van der Waals surface area contributed by atoms with Gasteiger partial charge in [-0.1, -0.05) is 0 Å². The summed E-state index contributed by atoms with van der Waals surface area (Å²) in [6.45, 7) is 12.0. The Morgan fingerprint density at radius 3 is 1.55 bits per heavy atom. The van der Waals surface area contributed by atoms with Crippen LogP contribution in [0.2, 0.25) is 0 Å². The molecule has 4 amide bonds. The van der Waals surface area contributed by atoms with Gasteiger partial charge in [0.25, 0.3) is 0 Å². The van der Waals surface area contributed by atoms with Gasteiger partial charge in [-0.15, -0.1) is 0 Å². The molecule has 4 fully saturated rings. The molecule has 10 atom stereocenters. The van der Waals surface area contributed by atoms with Gasteiger partial charge in [-0.25, -0.2) is 4.79 Å². The Balaban J connectivity index is 1.34. The summed E-state index contributed by atoms with van der Waals surface area (Å²) < 4.78 is 57.2. The first-order chi connectivity index (χ1) is 24.7. The van der Waals surface area contributed by atoms with Gasteiger partial charge in [-0.2, -0.15) is 0 Å². The Bertz CT molecular complexity index is 1320. The van der Waals surface area contributed by atoms with Gasteiger partial charge in [0.1, 0.15) is 42.2 Å². The number of fused-ring (bicyclic) bond motifs is 2. The highest BCUT2D eigenvalue weighted by molar-refractivity contribution is 5.82. The topological polar surface area (TPSA) is 226 Å². The summed E-state index contributed by atoms with van der Waals surface area (Å²) >= 11 is 0. The molecular formula is C34H56N4O15. The van der Waals surface area contributed by atoms with Crippen LogP contribution in [0.1, 0.15) is 74.1 Å². The van der Waals surface area contributed by atoms with Gasteiger partial charge in [0.15, 0.2) is 24.2 Å². The van der Waals surface area contributed by atoms with Gasteiger partial charge < -0.3 is 68.6 Å². The Hall–Kier alpha value is -3.17. The van der Waals surface area contributed by atoms with Crippen molar-refractivity contribution >= 4 is 29.8 Å². The van der Waals surface area contributed by atoms with Crippen LogP contribution in [0.25, 0.3) is 0 Å². The first-order valence-electron chi connectivity index (χ1n) is 17.7.